The average Bonchev–Trinajstić information content (AvgIpc) is 3.11. The summed E-state index contributed by atoms with van der Waals surface area (Å²) in [5.74, 6) is 0.931. The summed E-state index contributed by atoms with van der Waals surface area (Å²) in [6.45, 7) is 2.74. The molecular weight excluding hydrogens is 711 g/mol. The summed E-state index contributed by atoms with van der Waals surface area (Å²) in [7, 11) is 0. The largest absolute Gasteiger partial charge is 1.00 e. The van der Waals surface area contributed by atoms with E-state index in [-0.39, 0.29) is 124 Å². The maximum absolute atomic E-state index is 8.79. The van der Waals surface area contributed by atoms with Gasteiger partial charge in [-0.2, -0.15) is 0 Å². The summed E-state index contributed by atoms with van der Waals surface area (Å²) in [6.07, 6.45) is 3.74. The molecule has 4 aromatic rings. The molecule has 7 nitrogen and oxygen atoms in total. The van der Waals surface area contributed by atoms with Gasteiger partial charge in [0.25, 0.3) is 6.47 Å². The van der Waals surface area contributed by atoms with E-state index in [1.165, 1.54) is 22.3 Å². The van der Waals surface area contributed by atoms with Crippen LogP contribution >= 0.6 is 15.9 Å². The van der Waals surface area contributed by atoms with E-state index in [0.717, 1.165) is 44.1 Å². The van der Waals surface area contributed by atoms with Gasteiger partial charge in [-0.05, 0) is 67.6 Å². The molecule has 5 N–H and O–H groups in total. The molecule has 4 aromatic carbocycles. The van der Waals surface area contributed by atoms with Crippen LogP contribution in [0, 0.1) is 0 Å². The van der Waals surface area contributed by atoms with Crippen LogP contribution in [0.5, 0.6) is 0 Å². The van der Waals surface area contributed by atoms with Crippen LogP contribution in [0.3, 0.4) is 0 Å². The molecule has 4 rings (SSSR count). The molecule has 246 valence electrons. The molecule has 0 aliphatic rings. The van der Waals surface area contributed by atoms with E-state index in [1.54, 1.807) is 0 Å². The second-order valence-corrected chi connectivity index (χ2v) is 10.7. The van der Waals surface area contributed by atoms with Gasteiger partial charge in [0.05, 0.1) is 0 Å². The zero-order valence-electron chi connectivity index (χ0n) is 28.9. The molecule has 0 heterocycles. The fourth-order valence-electron chi connectivity index (χ4n) is 4.57. The summed E-state index contributed by atoms with van der Waals surface area (Å²) in [4.78, 5) is 11.2. The standard InChI is InChI=1S/C18H23NO.C15H15Br.C3H9NO.CH2O3.2K.H/c20-15-7-13-19-14-12-18(16-8-3-1-4-9-16)17-10-5-2-6-11-17;16-12-11-15(13-7-3-1-4-8-13)14-9-5-2-6-10-14;4-2-1-3-5;2-1-4-3;;;/h1-6,8-11,18-20H,7,12-15H2;1-10,15H,11-12H2;5H,1-4H2;1,3H;;;/q;;;;2*+1;-1/p-1. The van der Waals surface area contributed by atoms with Crippen LogP contribution in [-0.4, -0.2) is 54.9 Å². The molecule has 47 heavy (non-hydrogen) atoms. The number of hydrogen-bond donors (Lipinski definition) is 4. The Morgan fingerprint density at radius 2 is 1.02 bits per heavy atom. The van der Waals surface area contributed by atoms with E-state index in [9.17, 15) is 0 Å². The third kappa shape index (κ3) is 23.9. The van der Waals surface area contributed by atoms with Crippen LogP contribution in [0.25, 0.3) is 0 Å². The maximum Gasteiger partial charge on any atom is 1.00 e. The van der Waals surface area contributed by atoms with Crippen LogP contribution < -0.4 is 119 Å². The van der Waals surface area contributed by atoms with Gasteiger partial charge in [0.2, 0.25) is 0 Å². The first kappa shape index (κ1) is 49.0. The summed E-state index contributed by atoms with van der Waals surface area (Å²) in [6, 6.07) is 42.7. The van der Waals surface area contributed by atoms with Crippen molar-refractivity contribution in [3.05, 3.63) is 144 Å². The van der Waals surface area contributed by atoms with E-state index in [0.29, 0.717) is 18.4 Å². The fourth-order valence-corrected chi connectivity index (χ4v) is 5.03. The van der Waals surface area contributed by atoms with Gasteiger partial charge >= 0.3 is 103 Å². The first-order chi connectivity index (χ1) is 22.2. The van der Waals surface area contributed by atoms with E-state index in [4.69, 9.17) is 26.0 Å². The van der Waals surface area contributed by atoms with Crippen LogP contribution in [-0.2, 0) is 9.68 Å². The number of aliphatic hydroxyl groups is 2. The molecule has 0 aliphatic heterocycles. The van der Waals surface area contributed by atoms with Crippen LogP contribution in [0.15, 0.2) is 121 Å². The molecule has 0 radical (unpaired) electrons. The van der Waals surface area contributed by atoms with Crippen LogP contribution in [0.2, 0.25) is 0 Å². The van der Waals surface area contributed by atoms with E-state index in [2.05, 4.69) is 147 Å². The van der Waals surface area contributed by atoms with Gasteiger partial charge in [0, 0.05) is 30.4 Å². The van der Waals surface area contributed by atoms with Gasteiger partial charge in [0.15, 0.2) is 0 Å². The molecule has 0 bridgehead atoms. The average molecular weight is 760 g/mol. The maximum atomic E-state index is 8.79. The molecule has 0 aliphatic carbocycles. The first-order valence-corrected chi connectivity index (χ1v) is 16.4. The van der Waals surface area contributed by atoms with Crippen molar-refractivity contribution in [2.24, 2.45) is 5.73 Å². The summed E-state index contributed by atoms with van der Waals surface area (Å²) in [5.41, 5.74) is 10.5. The van der Waals surface area contributed by atoms with Crippen molar-refractivity contribution in [3.63, 3.8) is 0 Å². The first-order valence-electron chi connectivity index (χ1n) is 15.3. The number of benzene rings is 4. The third-order valence-electron chi connectivity index (χ3n) is 6.73. The Hall–Kier alpha value is -0.0973. The van der Waals surface area contributed by atoms with Crippen molar-refractivity contribution in [1.82, 2.24) is 5.32 Å². The zero-order chi connectivity index (χ0) is 32.8. The number of rotatable bonds is 15. The normalized spacial score (nSPS) is 9.60. The van der Waals surface area contributed by atoms with E-state index >= 15 is 0 Å². The van der Waals surface area contributed by atoms with Gasteiger partial charge in [-0.25, -0.2) is 0 Å². The Morgan fingerprint density at radius 3 is 1.28 bits per heavy atom. The Balaban J connectivity index is -0.000000649. The number of aliphatic hydroxyl groups excluding tert-OH is 2. The number of alkyl halides is 1. The van der Waals surface area contributed by atoms with Gasteiger partial charge in [-0.15, -0.1) is 0 Å². The molecule has 10 heteroatoms. The van der Waals surface area contributed by atoms with Crippen molar-refractivity contribution in [2.45, 2.75) is 37.5 Å². The van der Waals surface area contributed by atoms with Crippen molar-refractivity contribution in [3.8, 4) is 0 Å². The predicted octanol–water partition coefficient (Wildman–Crippen LogP) is -0.333. The van der Waals surface area contributed by atoms with Gasteiger partial charge < -0.3 is 32.8 Å². The number of carbonyl (C=O) groups is 1. The minimum absolute atomic E-state index is 0. The topological polar surface area (TPSA) is 128 Å². The Labute approximate surface area is 376 Å². The molecule has 0 saturated carbocycles. The quantitative estimate of drug-likeness (QED) is 0.0327. The molecule has 0 unspecified atom stereocenters. The number of halogens is 1. The number of hydrogen-bond acceptors (Lipinski definition) is 7. The molecule has 0 amide bonds. The Morgan fingerprint density at radius 1 is 0.681 bits per heavy atom. The number of carbonyl (C=O) groups excluding carboxylic acids is 1. The van der Waals surface area contributed by atoms with Crippen molar-refractivity contribution < 1.29 is 129 Å². The zero-order valence-corrected chi connectivity index (χ0v) is 35.8. The second-order valence-electron chi connectivity index (χ2n) is 9.90. The summed E-state index contributed by atoms with van der Waals surface area (Å²) < 4.78 is 0. The smallest absolute Gasteiger partial charge is 1.00 e. The second kappa shape index (κ2) is 35.7. The number of nitrogens with one attached hydrogen (secondary N) is 1. The van der Waals surface area contributed by atoms with Crippen molar-refractivity contribution in [2.75, 3.05) is 38.2 Å². The van der Waals surface area contributed by atoms with Crippen molar-refractivity contribution >= 4 is 22.4 Å². The fraction of sp³-hybridized carbons (Fsp3) is 0.324. The Kier molecular flexibility index (Phi) is 37.3. The van der Waals surface area contributed by atoms with Gasteiger partial charge in [-0.3, -0.25) is 4.79 Å². The molecule has 0 spiro atoms. The molecule has 0 atom stereocenters. The minimum Gasteiger partial charge on any atom is -1.00 e. The third-order valence-corrected chi connectivity index (χ3v) is 7.19. The van der Waals surface area contributed by atoms with Crippen molar-refractivity contribution in [1.29, 1.82) is 0 Å². The molecule has 0 fully saturated rings. The van der Waals surface area contributed by atoms with Crippen LogP contribution in [0.4, 0.5) is 0 Å². The molecule has 0 saturated heterocycles. The Bertz CT molecular complexity index is 1130. The SMILES string of the molecule is BrCCC(c1ccccc1)c1ccccc1.NCCCO.O=CO[O-].OCCCNCCC(c1ccccc1)c1ccccc1.[H-].[K+].[K+]. The van der Waals surface area contributed by atoms with E-state index < -0.39 is 0 Å². The van der Waals surface area contributed by atoms with Gasteiger partial charge in [0.1, 0.15) is 0 Å². The van der Waals surface area contributed by atoms with E-state index in [1.807, 2.05) is 0 Å². The predicted molar refractivity (Wildman–Crippen MR) is 186 cm³/mol. The minimum atomic E-state index is -0.181. The number of nitrogens with two attached hydrogens (primary N) is 1. The summed E-state index contributed by atoms with van der Waals surface area (Å²) >= 11 is 3.54. The van der Waals surface area contributed by atoms with Crippen LogP contribution in [0.1, 0.15) is 61.2 Å². The van der Waals surface area contributed by atoms with Gasteiger partial charge in [-0.1, -0.05) is 137 Å². The molecule has 0 aromatic heterocycles. The monoisotopic (exact) mass is 758 g/mol. The molecular formula is C37H49BrK2N2O5. The summed E-state index contributed by atoms with van der Waals surface area (Å²) in [5, 5.41) is 29.6.